The number of hydrogen-bond acceptors (Lipinski definition) is 4. The second-order valence-electron chi connectivity index (χ2n) is 17.8. The lowest BCUT2D eigenvalue weighted by Gasteiger charge is -2.56. The minimum Gasteiger partial charge on any atom is -0.457 e. The first kappa shape index (κ1) is 32.7. The van der Waals surface area contributed by atoms with Crippen LogP contribution in [0.1, 0.15) is 66.6 Å². The molecule has 0 N–H and O–H groups in total. The highest BCUT2D eigenvalue weighted by Gasteiger charge is 2.54. The van der Waals surface area contributed by atoms with Crippen molar-refractivity contribution in [3.05, 3.63) is 186 Å². The Kier molecular flexibility index (Phi) is 6.80. The molecule has 4 fully saturated rings. The van der Waals surface area contributed by atoms with E-state index in [1.54, 1.807) is 0 Å². The Hall–Kier alpha value is -6.39. The fourth-order valence-electron chi connectivity index (χ4n) is 12.5. The molecule has 0 saturated heterocycles. The smallest absolute Gasteiger partial charge is 0.164 e. The summed E-state index contributed by atoms with van der Waals surface area (Å²) in [5, 5.41) is 2.39. The number of aromatic nitrogens is 3. The monoisotopic (exact) mass is 747 g/mol. The highest BCUT2D eigenvalue weighted by atomic mass is 16.5. The van der Waals surface area contributed by atoms with Crippen molar-refractivity contribution in [1.29, 1.82) is 0 Å². The van der Waals surface area contributed by atoms with Crippen LogP contribution in [0, 0.1) is 17.8 Å². The highest BCUT2D eigenvalue weighted by Crippen LogP contribution is 2.63. The standard InChI is InChI=1S/C54H41N3O/c1-2-12-40-37(10-1)11-9-14-42(40)51-55-50(56-52(57-51)53-30-33-26-34(31-53)28-35(27-33)32-53)38-22-20-36(21-23-38)39-24-25-45-43(29-39)41-13-3-4-15-44(41)54(45)46-16-5-7-18-48(46)58-49-19-8-6-17-47(49)54/h1-25,29,33-35H,26-28,30-32H2/t33-,34+,35?,53?. The molecule has 1 spiro atoms. The van der Waals surface area contributed by atoms with E-state index in [-0.39, 0.29) is 5.41 Å². The number of benzene rings is 7. The van der Waals surface area contributed by atoms with Gasteiger partial charge in [-0.15, -0.1) is 0 Å². The molecule has 4 bridgehead atoms. The normalized spacial score (nSPS) is 22.6. The van der Waals surface area contributed by atoms with E-state index >= 15 is 0 Å². The van der Waals surface area contributed by atoms with Crippen molar-refractivity contribution in [2.75, 3.05) is 0 Å². The van der Waals surface area contributed by atoms with Gasteiger partial charge in [0.15, 0.2) is 11.6 Å². The quantitative estimate of drug-likeness (QED) is 0.180. The van der Waals surface area contributed by atoms with Crippen LogP contribution in [-0.4, -0.2) is 15.0 Å². The largest absolute Gasteiger partial charge is 0.457 e. The summed E-state index contributed by atoms with van der Waals surface area (Å²) in [7, 11) is 0. The van der Waals surface area contributed by atoms with Crippen LogP contribution in [0.4, 0.5) is 0 Å². The fourth-order valence-corrected chi connectivity index (χ4v) is 12.5. The molecule has 5 aliphatic carbocycles. The minimum absolute atomic E-state index is 0.0509. The van der Waals surface area contributed by atoms with Crippen LogP contribution in [0.25, 0.3) is 55.8 Å². The molecule has 0 radical (unpaired) electrons. The third-order valence-corrected chi connectivity index (χ3v) is 14.5. The van der Waals surface area contributed by atoms with Crippen molar-refractivity contribution in [1.82, 2.24) is 15.0 Å². The molecule has 7 aromatic carbocycles. The zero-order valence-corrected chi connectivity index (χ0v) is 32.2. The lowest BCUT2D eigenvalue weighted by atomic mass is 9.49. The molecule has 14 rings (SSSR count). The van der Waals surface area contributed by atoms with Crippen molar-refractivity contribution in [3.63, 3.8) is 0 Å². The van der Waals surface area contributed by atoms with Crippen LogP contribution in [0.3, 0.4) is 0 Å². The van der Waals surface area contributed by atoms with Crippen molar-refractivity contribution in [3.8, 4) is 56.5 Å². The van der Waals surface area contributed by atoms with E-state index in [4.69, 9.17) is 19.7 Å². The summed E-state index contributed by atoms with van der Waals surface area (Å²) in [6, 6.07) is 57.1. The highest BCUT2D eigenvalue weighted by molar-refractivity contribution is 5.95. The van der Waals surface area contributed by atoms with Crippen molar-refractivity contribution in [2.24, 2.45) is 17.8 Å². The Morgan fingerprint density at radius 2 is 0.983 bits per heavy atom. The molecule has 1 aromatic heterocycles. The summed E-state index contributed by atoms with van der Waals surface area (Å²) in [6.45, 7) is 0. The van der Waals surface area contributed by atoms with Gasteiger partial charge in [0.2, 0.25) is 0 Å². The average molecular weight is 748 g/mol. The Morgan fingerprint density at radius 1 is 0.431 bits per heavy atom. The molecule has 0 unspecified atom stereocenters. The van der Waals surface area contributed by atoms with E-state index in [0.717, 1.165) is 57.9 Å². The fraction of sp³-hybridized carbons (Fsp3) is 0.204. The molecule has 278 valence electrons. The van der Waals surface area contributed by atoms with Gasteiger partial charge in [0.05, 0.1) is 5.41 Å². The van der Waals surface area contributed by atoms with E-state index in [9.17, 15) is 0 Å². The molecule has 1 aliphatic heterocycles. The third kappa shape index (κ3) is 4.60. The van der Waals surface area contributed by atoms with Crippen LogP contribution < -0.4 is 4.74 Å². The van der Waals surface area contributed by atoms with Gasteiger partial charge in [-0.25, -0.2) is 15.0 Å². The molecular weight excluding hydrogens is 707 g/mol. The van der Waals surface area contributed by atoms with E-state index in [0.29, 0.717) is 0 Å². The SMILES string of the molecule is c1ccc2c(c1)Oc1ccccc1C21c2ccccc2-c2cc(-c3ccc(-c4nc(-c5cccc6ccccc56)nc(C56CC7C[C@H](C5)C[C@@H](C7)C6)n4)cc3)ccc21. The lowest BCUT2D eigenvalue weighted by molar-refractivity contribution is -0.00938. The Bertz CT molecular complexity index is 2900. The molecule has 8 aromatic rings. The van der Waals surface area contributed by atoms with Gasteiger partial charge in [-0.3, -0.25) is 0 Å². The second kappa shape index (κ2) is 12.1. The number of hydrogen-bond donors (Lipinski definition) is 0. The van der Waals surface area contributed by atoms with Crippen molar-refractivity contribution >= 4 is 10.8 Å². The first-order valence-corrected chi connectivity index (χ1v) is 21.1. The van der Waals surface area contributed by atoms with Crippen LogP contribution in [0.5, 0.6) is 11.5 Å². The second-order valence-corrected chi connectivity index (χ2v) is 17.8. The third-order valence-electron chi connectivity index (χ3n) is 14.5. The molecule has 4 heteroatoms. The maximum absolute atomic E-state index is 6.54. The van der Waals surface area contributed by atoms with E-state index in [2.05, 4.69) is 158 Å². The van der Waals surface area contributed by atoms with Gasteiger partial charge in [0.1, 0.15) is 17.3 Å². The van der Waals surface area contributed by atoms with Crippen molar-refractivity contribution < 1.29 is 4.74 Å². The zero-order chi connectivity index (χ0) is 38.0. The van der Waals surface area contributed by atoms with Gasteiger partial charge in [-0.05, 0) is 119 Å². The summed E-state index contributed by atoms with van der Waals surface area (Å²) in [5.74, 6) is 6.82. The topological polar surface area (TPSA) is 47.9 Å². The van der Waals surface area contributed by atoms with E-state index in [1.165, 1.54) is 93.8 Å². The van der Waals surface area contributed by atoms with Crippen molar-refractivity contribution in [2.45, 2.75) is 49.4 Å². The van der Waals surface area contributed by atoms with Gasteiger partial charge < -0.3 is 4.74 Å². The maximum Gasteiger partial charge on any atom is 0.164 e. The summed E-state index contributed by atoms with van der Waals surface area (Å²) in [5.41, 5.74) is 11.5. The molecule has 4 nitrogen and oxygen atoms in total. The molecule has 58 heavy (non-hydrogen) atoms. The summed E-state index contributed by atoms with van der Waals surface area (Å²) in [6.07, 6.45) is 7.80. The lowest BCUT2D eigenvalue weighted by Crippen LogP contribution is -2.49. The first-order chi connectivity index (χ1) is 28.6. The van der Waals surface area contributed by atoms with Gasteiger partial charge in [-0.1, -0.05) is 140 Å². The summed E-state index contributed by atoms with van der Waals surface area (Å²) < 4.78 is 6.54. The maximum atomic E-state index is 6.54. The van der Waals surface area contributed by atoms with Crippen LogP contribution in [-0.2, 0) is 10.8 Å². The Balaban J connectivity index is 0.931. The van der Waals surface area contributed by atoms with Gasteiger partial charge in [0.25, 0.3) is 0 Å². The number of rotatable bonds is 4. The molecule has 0 atom stereocenters. The number of nitrogens with zero attached hydrogens (tertiary/aromatic N) is 3. The molecule has 2 heterocycles. The zero-order valence-electron chi connectivity index (χ0n) is 32.2. The Morgan fingerprint density at radius 3 is 1.72 bits per heavy atom. The minimum atomic E-state index is -0.464. The van der Waals surface area contributed by atoms with Crippen LogP contribution in [0.15, 0.2) is 158 Å². The van der Waals surface area contributed by atoms with Crippen LogP contribution >= 0.6 is 0 Å². The molecule has 6 aliphatic rings. The summed E-state index contributed by atoms with van der Waals surface area (Å²) >= 11 is 0. The van der Waals surface area contributed by atoms with Crippen LogP contribution in [0.2, 0.25) is 0 Å². The number of ether oxygens (including phenoxy) is 1. The first-order valence-electron chi connectivity index (χ1n) is 21.1. The number of para-hydroxylation sites is 2. The predicted octanol–water partition coefficient (Wildman–Crippen LogP) is 13.0. The van der Waals surface area contributed by atoms with E-state index in [1.807, 2.05) is 0 Å². The van der Waals surface area contributed by atoms with E-state index < -0.39 is 5.41 Å². The Labute approximate surface area is 338 Å². The molecule has 4 saturated carbocycles. The average Bonchev–Trinajstić information content (AvgIpc) is 3.55. The molecule has 0 amide bonds. The van der Waals surface area contributed by atoms with Gasteiger partial charge in [-0.2, -0.15) is 0 Å². The van der Waals surface area contributed by atoms with Gasteiger partial charge in [0, 0.05) is 27.7 Å². The molecular formula is C54H41N3O. The number of fused-ring (bicyclic) bond motifs is 10. The predicted molar refractivity (Wildman–Crippen MR) is 231 cm³/mol. The van der Waals surface area contributed by atoms with Gasteiger partial charge >= 0.3 is 0 Å². The summed E-state index contributed by atoms with van der Waals surface area (Å²) in [4.78, 5) is 16.1.